The molecule has 0 fully saturated rings. The lowest BCUT2D eigenvalue weighted by molar-refractivity contribution is 0.0696. The van der Waals surface area contributed by atoms with Crippen molar-refractivity contribution in [3.8, 4) is 5.75 Å². The van der Waals surface area contributed by atoms with Crippen LogP contribution in [0.4, 0.5) is 5.69 Å². The van der Waals surface area contributed by atoms with Gasteiger partial charge in [-0.15, -0.1) is 0 Å². The Hall–Kier alpha value is -3.02. The van der Waals surface area contributed by atoms with Crippen LogP contribution < -0.4 is 10.1 Å². The van der Waals surface area contributed by atoms with E-state index >= 15 is 0 Å². The van der Waals surface area contributed by atoms with Gasteiger partial charge in [0, 0.05) is 18.3 Å². The second-order valence-electron chi connectivity index (χ2n) is 6.46. The fraction of sp³-hybridized carbons (Fsp3) is 0.300. The molecule has 2 aromatic carbocycles. The second-order valence-corrected chi connectivity index (χ2v) is 6.46. The molecule has 0 heterocycles. The normalized spacial score (nSPS) is 10.3. The van der Waals surface area contributed by atoms with Gasteiger partial charge in [0.1, 0.15) is 11.4 Å². The molecule has 6 heteroatoms. The summed E-state index contributed by atoms with van der Waals surface area (Å²) in [4.78, 5) is 20.8. The predicted molar refractivity (Wildman–Crippen MR) is 101 cm³/mol. The first-order chi connectivity index (χ1) is 12.1. The maximum Gasteiger partial charge on any atom is 0.335 e. The molecule has 0 aliphatic rings. The lowest BCUT2D eigenvalue weighted by Gasteiger charge is -2.21. The van der Waals surface area contributed by atoms with Gasteiger partial charge in [0.15, 0.2) is 0 Å². The van der Waals surface area contributed by atoms with E-state index in [1.165, 1.54) is 18.2 Å². The maximum absolute atomic E-state index is 10.4. The molecule has 3 N–H and O–H groups in total. The number of hydrogen-bond donors (Lipinski definition) is 3. The SMILES string of the molecule is CCNc1cccc(OC(C)(C)C)c1.O=C(O)c1cccc(C(=O)O)c1. The summed E-state index contributed by atoms with van der Waals surface area (Å²) in [6.07, 6.45) is 0. The Balaban J connectivity index is 0.000000263. The van der Waals surface area contributed by atoms with Gasteiger partial charge in [0.25, 0.3) is 0 Å². The van der Waals surface area contributed by atoms with Gasteiger partial charge in [-0.3, -0.25) is 0 Å². The number of ether oxygens (including phenoxy) is 1. The molecule has 2 aromatic rings. The molecule has 0 radical (unpaired) electrons. The first-order valence-corrected chi connectivity index (χ1v) is 8.22. The van der Waals surface area contributed by atoms with Crippen molar-refractivity contribution in [1.29, 1.82) is 0 Å². The number of rotatable bonds is 5. The van der Waals surface area contributed by atoms with Gasteiger partial charge in [0.2, 0.25) is 0 Å². The molecule has 26 heavy (non-hydrogen) atoms. The molecule has 0 aliphatic carbocycles. The minimum Gasteiger partial charge on any atom is -0.488 e. The van der Waals surface area contributed by atoms with E-state index in [0.717, 1.165) is 24.0 Å². The number of carbonyl (C=O) groups is 2. The van der Waals surface area contributed by atoms with Crippen molar-refractivity contribution in [3.05, 3.63) is 59.7 Å². The lowest BCUT2D eigenvalue weighted by atomic mass is 10.1. The summed E-state index contributed by atoms with van der Waals surface area (Å²) in [5, 5.41) is 20.2. The van der Waals surface area contributed by atoms with Gasteiger partial charge in [-0.25, -0.2) is 9.59 Å². The Labute approximate surface area is 153 Å². The van der Waals surface area contributed by atoms with Gasteiger partial charge in [0.05, 0.1) is 11.1 Å². The largest absolute Gasteiger partial charge is 0.488 e. The third-order valence-electron chi connectivity index (χ3n) is 3.00. The standard InChI is InChI=1S/C12H19NO.C8H6O4/c1-5-13-10-7-6-8-11(9-10)14-12(2,3)4;9-7(10)5-2-1-3-6(4-5)8(11)12/h6-9,13H,5H2,1-4H3;1-4H,(H,9,10)(H,11,12). The molecule has 0 aromatic heterocycles. The van der Waals surface area contributed by atoms with Crippen molar-refractivity contribution in [3.63, 3.8) is 0 Å². The molecule has 6 nitrogen and oxygen atoms in total. The molecular formula is C20H25NO5. The second kappa shape index (κ2) is 9.46. The van der Waals surface area contributed by atoms with Crippen molar-refractivity contribution >= 4 is 17.6 Å². The molecule has 140 valence electrons. The van der Waals surface area contributed by atoms with E-state index in [1.807, 2.05) is 45.0 Å². The summed E-state index contributed by atoms with van der Waals surface area (Å²) in [7, 11) is 0. The third kappa shape index (κ3) is 7.70. The molecule has 0 bridgehead atoms. The molecule has 0 saturated carbocycles. The monoisotopic (exact) mass is 359 g/mol. The van der Waals surface area contributed by atoms with E-state index < -0.39 is 11.9 Å². The molecule has 0 unspecified atom stereocenters. The zero-order valence-corrected chi connectivity index (χ0v) is 15.4. The first-order valence-electron chi connectivity index (χ1n) is 8.22. The summed E-state index contributed by atoms with van der Waals surface area (Å²) in [5.41, 5.74) is 0.934. The van der Waals surface area contributed by atoms with Crippen LogP contribution in [0.1, 0.15) is 48.4 Å². The van der Waals surface area contributed by atoms with Crippen LogP contribution in [0.25, 0.3) is 0 Å². The van der Waals surface area contributed by atoms with Crippen LogP contribution >= 0.6 is 0 Å². The zero-order chi connectivity index (χ0) is 19.7. The smallest absolute Gasteiger partial charge is 0.335 e. The number of hydrogen-bond acceptors (Lipinski definition) is 4. The Morgan fingerprint density at radius 1 is 0.962 bits per heavy atom. The van der Waals surface area contributed by atoms with Gasteiger partial charge < -0.3 is 20.3 Å². The summed E-state index contributed by atoms with van der Waals surface area (Å²) >= 11 is 0. The molecule has 0 spiro atoms. The zero-order valence-electron chi connectivity index (χ0n) is 15.4. The lowest BCUT2D eigenvalue weighted by Crippen LogP contribution is -2.22. The molecule has 0 atom stereocenters. The van der Waals surface area contributed by atoms with Gasteiger partial charge >= 0.3 is 11.9 Å². The Morgan fingerprint density at radius 3 is 1.96 bits per heavy atom. The summed E-state index contributed by atoms with van der Waals surface area (Å²) in [6.45, 7) is 9.16. The fourth-order valence-electron chi connectivity index (χ4n) is 2.01. The van der Waals surface area contributed by atoms with Crippen LogP contribution in [0, 0.1) is 0 Å². The maximum atomic E-state index is 10.4. The number of aromatic carboxylic acids is 2. The van der Waals surface area contributed by atoms with E-state index in [0.29, 0.717) is 0 Å². The molecule has 2 rings (SSSR count). The fourth-order valence-corrected chi connectivity index (χ4v) is 2.01. The van der Waals surface area contributed by atoms with Crippen LogP contribution in [-0.2, 0) is 0 Å². The summed E-state index contributed by atoms with van der Waals surface area (Å²) < 4.78 is 5.75. The highest BCUT2D eigenvalue weighted by Gasteiger charge is 2.11. The highest BCUT2D eigenvalue weighted by atomic mass is 16.5. The average molecular weight is 359 g/mol. The van der Waals surface area contributed by atoms with Crippen molar-refractivity contribution in [2.45, 2.75) is 33.3 Å². The quantitative estimate of drug-likeness (QED) is 0.733. The van der Waals surface area contributed by atoms with Crippen LogP contribution in [0.15, 0.2) is 48.5 Å². The van der Waals surface area contributed by atoms with Crippen molar-refractivity contribution in [2.75, 3.05) is 11.9 Å². The Bertz CT molecular complexity index is 721. The topological polar surface area (TPSA) is 95.9 Å². The summed E-state index contributed by atoms with van der Waals surface area (Å²) in [6, 6.07) is 13.2. The third-order valence-corrected chi connectivity index (χ3v) is 3.00. The highest BCUT2D eigenvalue weighted by Crippen LogP contribution is 2.21. The van der Waals surface area contributed by atoms with E-state index in [-0.39, 0.29) is 16.7 Å². The van der Waals surface area contributed by atoms with E-state index in [2.05, 4.69) is 12.2 Å². The van der Waals surface area contributed by atoms with Crippen molar-refractivity contribution in [2.24, 2.45) is 0 Å². The number of benzene rings is 2. The molecule has 0 saturated heterocycles. The first kappa shape index (κ1) is 21.0. The van der Waals surface area contributed by atoms with E-state index in [9.17, 15) is 9.59 Å². The van der Waals surface area contributed by atoms with Gasteiger partial charge in [-0.1, -0.05) is 12.1 Å². The predicted octanol–water partition coefficient (Wildman–Crippen LogP) is 4.38. The minimum absolute atomic E-state index is 0.0186. The number of carboxylic acids is 2. The van der Waals surface area contributed by atoms with Gasteiger partial charge in [-0.2, -0.15) is 0 Å². The van der Waals surface area contributed by atoms with Crippen LogP contribution in [0.5, 0.6) is 5.75 Å². The number of nitrogens with one attached hydrogen (secondary N) is 1. The highest BCUT2D eigenvalue weighted by molar-refractivity contribution is 5.93. The van der Waals surface area contributed by atoms with E-state index in [1.54, 1.807) is 0 Å². The van der Waals surface area contributed by atoms with Crippen LogP contribution in [-0.4, -0.2) is 34.3 Å². The Kier molecular flexibility index (Phi) is 7.65. The molecule has 0 aliphatic heterocycles. The number of anilines is 1. The van der Waals surface area contributed by atoms with Crippen molar-refractivity contribution in [1.82, 2.24) is 0 Å². The van der Waals surface area contributed by atoms with Gasteiger partial charge in [-0.05, 0) is 58.0 Å². The summed E-state index contributed by atoms with van der Waals surface area (Å²) in [5.74, 6) is -1.34. The van der Waals surface area contributed by atoms with E-state index in [4.69, 9.17) is 14.9 Å². The Morgan fingerprint density at radius 2 is 1.50 bits per heavy atom. The van der Waals surface area contributed by atoms with Crippen molar-refractivity contribution < 1.29 is 24.5 Å². The molecule has 0 amide bonds. The van der Waals surface area contributed by atoms with Crippen LogP contribution in [0.3, 0.4) is 0 Å². The van der Waals surface area contributed by atoms with Crippen LogP contribution in [0.2, 0.25) is 0 Å². The average Bonchev–Trinajstić information content (AvgIpc) is 2.54. The minimum atomic E-state index is -1.13. The molecular weight excluding hydrogens is 334 g/mol. The number of carboxylic acid groups (broad SMARTS) is 2.